The van der Waals surface area contributed by atoms with Crippen LogP contribution in [0.2, 0.25) is 0 Å². The third-order valence-corrected chi connectivity index (χ3v) is 3.54. The highest BCUT2D eigenvalue weighted by molar-refractivity contribution is 5.97. The van der Waals surface area contributed by atoms with Gasteiger partial charge in [-0.15, -0.1) is 6.42 Å². The van der Waals surface area contributed by atoms with E-state index in [0.29, 0.717) is 17.2 Å². The normalized spacial score (nSPS) is 10.2. The average Bonchev–Trinajstić information content (AvgIpc) is 2.71. The maximum Gasteiger partial charge on any atom is 0.275 e. The summed E-state index contributed by atoms with van der Waals surface area (Å²) in [6.07, 6.45) is 6.39. The third kappa shape index (κ3) is 4.98. The van der Waals surface area contributed by atoms with E-state index in [4.69, 9.17) is 20.6 Å². The highest BCUT2D eigenvalue weighted by Gasteiger charge is 2.14. The second-order valence-electron chi connectivity index (χ2n) is 5.24. The molecule has 9 nitrogen and oxygen atoms in total. The number of amides is 1. The Balaban J connectivity index is 2.21. The van der Waals surface area contributed by atoms with E-state index in [1.54, 1.807) is 12.1 Å². The molecule has 9 heteroatoms. The number of carbonyl (C=O) groups excluding carboxylic acids is 1. The quantitative estimate of drug-likeness (QED) is 0.324. The number of nitrogens with one attached hydrogen (secondary N) is 1. The standard InChI is InChI=1S/C19H17N3O6/c1-4-9-28-17-8-5-14(22(24)25)10-13(17)12-20-21-19(23)16-7-6-15(26-2)11-18(16)27-3/h1,5-8,10-12H,9H2,2-3H3,(H,21,23). The minimum absolute atomic E-state index is 0.0198. The zero-order chi connectivity index (χ0) is 20.5. The molecular formula is C19H17N3O6. The molecule has 0 atom stereocenters. The molecule has 0 aliphatic heterocycles. The second-order valence-corrected chi connectivity index (χ2v) is 5.24. The number of non-ortho nitro benzene ring substituents is 1. The molecule has 28 heavy (non-hydrogen) atoms. The molecule has 144 valence electrons. The van der Waals surface area contributed by atoms with Crippen LogP contribution in [0.3, 0.4) is 0 Å². The van der Waals surface area contributed by atoms with Crippen LogP contribution >= 0.6 is 0 Å². The van der Waals surface area contributed by atoms with E-state index in [1.165, 1.54) is 44.7 Å². The largest absolute Gasteiger partial charge is 0.497 e. The average molecular weight is 383 g/mol. The van der Waals surface area contributed by atoms with Crippen LogP contribution in [0.25, 0.3) is 0 Å². The zero-order valence-corrected chi connectivity index (χ0v) is 15.2. The molecule has 0 aromatic heterocycles. The lowest BCUT2D eigenvalue weighted by Gasteiger charge is -2.09. The molecule has 0 radical (unpaired) electrons. The molecule has 2 aromatic carbocycles. The van der Waals surface area contributed by atoms with Crippen LogP contribution in [0.5, 0.6) is 17.2 Å². The van der Waals surface area contributed by atoms with Gasteiger partial charge in [0.25, 0.3) is 11.6 Å². The van der Waals surface area contributed by atoms with E-state index in [1.807, 2.05) is 0 Å². The van der Waals surface area contributed by atoms with Gasteiger partial charge in [-0.05, 0) is 18.2 Å². The van der Waals surface area contributed by atoms with Crippen molar-refractivity contribution in [2.45, 2.75) is 0 Å². The molecule has 1 amide bonds. The lowest BCUT2D eigenvalue weighted by molar-refractivity contribution is -0.384. The summed E-state index contributed by atoms with van der Waals surface area (Å²) in [6.45, 7) is -0.0198. The Kier molecular flexibility index (Phi) is 6.93. The monoisotopic (exact) mass is 383 g/mol. The van der Waals surface area contributed by atoms with Crippen LogP contribution in [0, 0.1) is 22.5 Å². The summed E-state index contributed by atoms with van der Waals surface area (Å²) in [7, 11) is 2.92. The van der Waals surface area contributed by atoms with E-state index >= 15 is 0 Å². The van der Waals surface area contributed by atoms with Gasteiger partial charge >= 0.3 is 0 Å². The summed E-state index contributed by atoms with van der Waals surface area (Å²) in [5.74, 6) is 2.90. The number of nitrogens with zero attached hydrogens (tertiary/aromatic N) is 2. The molecule has 0 aliphatic rings. The summed E-state index contributed by atoms with van der Waals surface area (Å²) < 4.78 is 15.6. The van der Waals surface area contributed by atoms with Crippen molar-refractivity contribution in [1.29, 1.82) is 0 Å². The molecule has 0 fully saturated rings. The first-order chi connectivity index (χ1) is 13.5. The van der Waals surface area contributed by atoms with Crippen molar-refractivity contribution in [3.05, 3.63) is 57.6 Å². The molecule has 1 N–H and O–H groups in total. The van der Waals surface area contributed by atoms with Gasteiger partial charge in [-0.1, -0.05) is 5.92 Å². The maximum absolute atomic E-state index is 12.3. The van der Waals surface area contributed by atoms with Crippen molar-refractivity contribution in [2.75, 3.05) is 20.8 Å². The number of carbonyl (C=O) groups is 1. The molecule has 0 spiro atoms. The van der Waals surface area contributed by atoms with Crippen molar-refractivity contribution in [1.82, 2.24) is 5.43 Å². The second kappa shape index (κ2) is 9.59. The number of terminal acetylenes is 1. The molecule has 0 bridgehead atoms. The lowest BCUT2D eigenvalue weighted by Crippen LogP contribution is -2.18. The van der Waals surface area contributed by atoms with Gasteiger partial charge in [-0.25, -0.2) is 5.43 Å². The molecule has 0 heterocycles. The zero-order valence-electron chi connectivity index (χ0n) is 15.2. The van der Waals surface area contributed by atoms with Crippen molar-refractivity contribution in [3.8, 4) is 29.6 Å². The van der Waals surface area contributed by atoms with Crippen LogP contribution < -0.4 is 19.6 Å². The Bertz CT molecular complexity index is 949. The summed E-state index contributed by atoms with van der Waals surface area (Å²) in [5, 5.41) is 14.8. The highest BCUT2D eigenvalue weighted by atomic mass is 16.6. The van der Waals surface area contributed by atoms with Crippen molar-refractivity contribution >= 4 is 17.8 Å². The van der Waals surface area contributed by atoms with E-state index in [9.17, 15) is 14.9 Å². The summed E-state index contributed by atoms with van der Waals surface area (Å²) in [5.41, 5.74) is 2.70. The number of hydrazone groups is 1. The number of benzene rings is 2. The number of nitro groups is 1. The first-order valence-electron chi connectivity index (χ1n) is 7.90. The number of nitro benzene ring substituents is 1. The molecule has 0 unspecified atom stereocenters. The van der Waals surface area contributed by atoms with Gasteiger partial charge in [-0.2, -0.15) is 5.10 Å². The van der Waals surface area contributed by atoms with E-state index in [2.05, 4.69) is 16.4 Å². The van der Waals surface area contributed by atoms with Gasteiger partial charge in [0.2, 0.25) is 0 Å². The Morgan fingerprint density at radius 1 is 1.25 bits per heavy atom. The lowest BCUT2D eigenvalue weighted by atomic mass is 10.2. The predicted molar refractivity (Wildman–Crippen MR) is 102 cm³/mol. The summed E-state index contributed by atoms with van der Waals surface area (Å²) >= 11 is 0. The van der Waals surface area contributed by atoms with Gasteiger partial charge < -0.3 is 14.2 Å². The molecule has 2 rings (SSSR count). The molecule has 0 saturated carbocycles. The van der Waals surface area contributed by atoms with Crippen molar-refractivity contribution in [2.24, 2.45) is 5.10 Å². The fourth-order valence-electron chi connectivity index (χ4n) is 2.21. The SMILES string of the molecule is C#CCOc1ccc([N+](=O)[O-])cc1C=NNC(=O)c1ccc(OC)cc1OC. The van der Waals surface area contributed by atoms with Crippen LogP contribution in [0.4, 0.5) is 5.69 Å². The topological polar surface area (TPSA) is 112 Å². The van der Waals surface area contributed by atoms with Crippen molar-refractivity contribution < 1.29 is 23.9 Å². The first kappa shape index (κ1) is 20.3. The molecule has 0 aliphatic carbocycles. The smallest absolute Gasteiger partial charge is 0.275 e. The Morgan fingerprint density at radius 2 is 2.04 bits per heavy atom. The van der Waals surface area contributed by atoms with Gasteiger partial charge in [-0.3, -0.25) is 14.9 Å². The first-order valence-corrected chi connectivity index (χ1v) is 7.90. The Morgan fingerprint density at radius 3 is 2.68 bits per heavy atom. The Hall–Kier alpha value is -4.06. The van der Waals surface area contributed by atoms with Crippen LogP contribution in [-0.4, -0.2) is 37.9 Å². The third-order valence-electron chi connectivity index (χ3n) is 3.54. The summed E-state index contributed by atoms with van der Waals surface area (Å²) in [6, 6.07) is 8.64. The molecule has 2 aromatic rings. The molecule has 0 saturated heterocycles. The maximum atomic E-state index is 12.3. The minimum Gasteiger partial charge on any atom is -0.497 e. The number of rotatable bonds is 8. The number of methoxy groups -OCH3 is 2. The fraction of sp³-hybridized carbons (Fsp3) is 0.158. The highest BCUT2D eigenvalue weighted by Crippen LogP contribution is 2.25. The van der Waals surface area contributed by atoms with E-state index in [0.717, 1.165) is 0 Å². The van der Waals surface area contributed by atoms with Gasteiger partial charge in [0.15, 0.2) is 0 Å². The van der Waals surface area contributed by atoms with E-state index in [-0.39, 0.29) is 23.4 Å². The number of hydrogen-bond acceptors (Lipinski definition) is 7. The van der Waals surface area contributed by atoms with Crippen LogP contribution in [-0.2, 0) is 0 Å². The number of hydrogen-bond donors (Lipinski definition) is 1. The van der Waals surface area contributed by atoms with Gasteiger partial charge in [0, 0.05) is 23.8 Å². The van der Waals surface area contributed by atoms with Crippen molar-refractivity contribution in [3.63, 3.8) is 0 Å². The minimum atomic E-state index is -0.552. The fourth-order valence-corrected chi connectivity index (χ4v) is 2.21. The Labute approximate surface area is 161 Å². The van der Waals surface area contributed by atoms with E-state index < -0.39 is 10.8 Å². The number of ether oxygens (including phenoxy) is 3. The van der Waals surface area contributed by atoms with Crippen LogP contribution in [0.1, 0.15) is 15.9 Å². The van der Waals surface area contributed by atoms with Crippen LogP contribution in [0.15, 0.2) is 41.5 Å². The van der Waals surface area contributed by atoms with Gasteiger partial charge in [0.1, 0.15) is 23.9 Å². The van der Waals surface area contributed by atoms with Gasteiger partial charge in [0.05, 0.1) is 30.9 Å². The summed E-state index contributed by atoms with van der Waals surface area (Å²) in [4.78, 5) is 22.7. The molecular weight excluding hydrogens is 366 g/mol. The predicted octanol–water partition coefficient (Wildman–Crippen LogP) is 2.39.